The van der Waals surface area contributed by atoms with E-state index in [9.17, 15) is 9.59 Å². The smallest absolute Gasteiger partial charge is 0.317 e. The van der Waals surface area contributed by atoms with Gasteiger partial charge in [-0.25, -0.2) is 4.79 Å². The largest absolute Gasteiger partial charge is 0.497 e. The molecule has 6 nitrogen and oxygen atoms in total. The Balaban J connectivity index is 1.83. The first-order chi connectivity index (χ1) is 10.0. The lowest BCUT2D eigenvalue weighted by molar-refractivity contribution is -0.137. The number of rotatable bonds is 6. The molecule has 1 aromatic carbocycles. The van der Waals surface area contributed by atoms with Gasteiger partial charge in [0.2, 0.25) is 0 Å². The average Bonchev–Trinajstić information content (AvgIpc) is 3.23. The molecule has 2 atom stereocenters. The van der Waals surface area contributed by atoms with Crippen molar-refractivity contribution < 1.29 is 19.4 Å². The highest BCUT2D eigenvalue weighted by Crippen LogP contribution is 2.41. The second-order valence-electron chi connectivity index (χ2n) is 5.24. The molecule has 1 aliphatic rings. The fourth-order valence-electron chi connectivity index (χ4n) is 2.23. The number of hydrogen-bond donors (Lipinski definition) is 2. The van der Waals surface area contributed by atoms with Crippen LogP contribution in [0, 0.1) is 0 Å². The van der Waals surface area contributed by atoms with E-state index in [1.807, 2.05) is 24.3 Å². The van der Waals surface area contributed by atoms with Crippen molar-refractivity contribution in [3.63, 3.8) is 0 Å². The molecule has 0 spiro atoms. The van der Waals surface area contributed by atoms with Crippen LogP contribution in [-0.2, 0) is 4.79 Å². The van der Waals surface area contributed by atoms with Gasteiger partial charge in [-0.15, -0.1) is 0 Å². The SMILES string of the molecule is COc1cccc([C@@H]2C[C@H]2NC(=O)N(C)CCC(=O)O)c1. The second-order valence-corrected chi connectivity index (χ2v) is 5.24. The Labute approximate surface area is 123 Å². The Hall–Kier alpha value is -2.24. The minimum atomic E-state index is -0.907. The van der Waals surface area contributed by atoms with E-state index in [4.69, 9.17) is 9.84 Å². The molecule has 0 bridgehead atoms. The molecule has 1 aliphatic carbocycles. The summed E-state index contributed by atoms with van der Waals surface area (Å²) in [6.45, 7) is 0.206. The van der Waals surface area contributed by atoms with Crippen molar-refractivity contribution in [1.82, 2.24) is 10.2 Å². The number of nitrogens with zero attached hydrogens (tertiary/aromatic N) is 1. The number of carbonyl (C=O) groups is 2. The normalized spacial score (nSPS) is 19.7. The van der Waals surface area contributed by atoms with Crippen LogP contribution in [0.25, 0.3) is 0 Å². The highest BCUT2D eigenvalue weighted by atomic mass is 16.5. The number of methoxy groups -OCH3 is 1. The average molecular weight is 292 g/mol. The first-order valence-corrected chi connectivity index (χ1v) is 6.88. The van der Waals surface area contributed by atoms with Gasteiger partial charge in [-0.3, -0.25) is 4.79 Å². The van der Waals surface area contributed by atoms with Crippen LogP contribution in [-0.4, -0.2) is 48.8 Å². The molecule has 1 aromatic rings. The molecule has 2 amide bonds. The van der Waals surface area contributed by atoms with Gasteiger partial charge in [0.05, 0.1) is 13.5 Å². The zero-order chi connectivity index (χ0) is 15.4. The highest BCUT2D eigenvalue weighted by molar-refractivity contribution is 5.76. The molecule has 114 valence electrons. The maximum atomic E-state index is 11.9. The van der Waals surface area contributed by atoms with E-state index in [1.54, 1.807) is 14.2 Å². The van der Waals surface area contributed by atoms with Gasteiger partial charge in [-0.2, -0.15) is 0 Å². The van der Waals surface area contributed by atoms with Crippen molar-refractivity contribution in [3.05, 3.63) is 29.8 Å². The van der Waals surface area contributed by atoms with Crippen LogP contribution in [0.5, 0.6) is 5.75 Å². The molecule has 0 radical (unpaired) electrons. The Morgan fingerprint density at radius 3 is 2.90 bits per heavy atom. The van der Waals surface area contributed by atoms with Crippen molar-refractivity contribution in [3.8, 4) is 5.75 Å². The summed E-state index contributed by atoms with van der Waals surface area (Å²) < 4.78 is 5.19. The quantitative estimate of drug-likeness (QED) is 0.836. The minimum absolute atomic E-state index is 0.0477. The third kappa shape index (κ3) is 4.11. The summed E-state index contributed by atoms with van der Waals surface area (Å²) in [6.07, 6.45) is 0.847. The molecule has 1 saturated carbocycles. The van der Waals surface area contributed by atoms with Crippen LogP contribution in [0.3, 0.4) is 0 Å². The molecular formula is C15H20N2O4. The van der Waals surface area contributed by atoms with Gasteiger partial charge >= 0.3 is 12.0 Å². The minimum Gasteiger partial charge on any atom is -0.497 e. The molecule has 6 heteroatoms. The fourth-order valence-corrected chi connectivity index (χ4v) is 2.23. The fraction of sp³-hybridized carbons (Fsp3) is 0.467. The lowest BCUT2D eigenvalue weighted by atomic mass is 10.1. The summed E-state index contributed by atoms with van der Waals surface area (Å²) in [5.41, 5.74) is 1.15. The summed E-state index contributed by atoms with van der Waals surface area (Å²) in [5, 5.41) is 11.5. The topological polar surface area (TPSA) is 78.9 Å². The van der Waals surface area contributed by atoms with E-state index in [0.29, 0.717) is 5.92 Å². The molecule has 0 heterocycles. The van der Waals surface area contributed by atoms with Crippen LogP contribution in [0.15, 0.2) is 24.3 Å². The maximum absolute atomic E-state index is 11.9. The van der Waals surface area contributed by atoms with E-state index < -0.39 is 5.97 Å². The van der Waals surface area contributed by atoms with Crippen LogP contribution < -0.4 is 10.1 Å². The number of carbonyl (C=O) groups excluding carboxylic acids is 1. The number of ether oxygens (including phenoxy) is 1. The van der Waals surface area contributed by atoms with Crippen LogP contribution in [0.1, 0.15) is 24.3 Å². The number of amides is 2. The molecule has 0 unspecified atom stereocenters. The van der Waals surface area contributed by atoms with E-state index in [1.165, 1.54) is 4.90 Å². The van der Waals surface area contributed by atoms with Crippen LogP contribution in [0.2, 0.25) is 0 Å². The van der Waals surface area contributed by atoms with Crippen molar-refractivity contribution in [2.24, 2.45) is 0 Å². The van der Waals surface area contributed by atoms with Crippen molar-refractivity contribution in [1.29, 1.82) is 0 Å². The third-order valence-corrected chi connectivity index (χ3v) is 3.63. The second kappa shape index (κ2) is 6.47. The number of aliphatic carboxylic acids is 1. The molecule has 2 N–H and O–H groups in total. The lowest BCUT2D eigenvalue weighted by Gasteiger charge is -2.17. The summed E-state index contributed by atoms with van der Waals surface area (Å²) in [7, 11) is 3.23. The van der Waals surface area contributed by atoms with Crippen molar-refractivity contribution in [2.75, 3.05) is 20.7 Å². The number of urea groups is 1. The molecule has 2 rings (SSSR count). The Bertz CT molecular complexity index is 532. The van der Waals surface area contributed by atoms with Gasteiger partial charge in [0.25, 0.3) is 0 Å². The van der Waals surface area contributed by atoms with Gasteiger partial charge < -0.3 is 20.1 Å². The molecular weight excluding hydrogens is 272 g/mol. The number of hydrogen-bond acceptors (Lipinski definition) is 3. The van der Waals surface area contributed by atoms with E-state index >= 15 is 0 Å². The van der Waals surface area contributed by atoms with E-state index in [2.05, 4.69) is 5.32 Å². The standard InChI is InChI=1S/C15H20N2O4/c1-17(7-6-14(18)19)15(20)16-13-9-12(13)10-4-3-5-11(8-10)21-2/h3-5,8,12-13H,6-7,9H2,1-2H3,(H,16,20)(H,18,19)/t12-,13+/m0/s1. The van der Waals surface area contributed by atoms with Gasteiger partial charge in [0.15, 0.2) is 0 Å². The molecule has 0 aromatic heterocycles. The molecule has 0 aliphatic heterocycles. The predicted molar refractivity (Wildman–Crippen MR) is 77.6 cm³/mol. The first kappa shape index (κ1) is 15.2. The van der Waals surface area contributed by atoms with Crippen LogP contribution in [0.4, 0.5) is 4.79 Å². The third-order valence-electron chi connectivity index (χ3n) is 3.63. The van der Waals surface area contributed by atoms with Gasteiger partial charge in [0, 0.05) is 25.6 Å². The molecule has 0 saturated heterocycles. The van der Waals surface area contributed by atoms with E-state index in [-0.39, 0.29) is 25.0 Å². The Morgan fingerprint density at radius 1 is 1.48 bits per heavy atom. The first-order valence-electron chi connectivity index (χ1n) is 6.88. The highest BCUT2D eigenvalue weighted by Gasteiger charge is 2.40. The Kier molecular flexibility index (Phi) is 4.67. The van der Waals surface area contributed by atoms with Crippen molar-refractivity contribution in [2.45, 2.75) is 24.8 Å². The van der Waals surface area contributed by atoms with E-state index in [0.717, 1.165) is 17.7 Å². The molecule has 21 heavy (non-hydrogen) atoms. The van der Waals surface area contributed by atoms with Crippen molar-refractivity contribution >= 4 is 12.0 Å². The van der Waals surface area contributed by atoms with Gasteiger partial charge in [-0.05, 0) is 24.1 Å². The number of carboxylic acids is 1. The Morgan fingerprint density at radius 2 is 2.24 bits per heavy atom. The maximum Gasteiger partial charge on any atom is 0.317 e. The van der Waals surface area contributed by atoms with Crippen LogP contribution >= 0.6 is 0 Å². The zero-order valence-corrected chi connectivity index (χ0v) is 12.2. The summed E-state index contributed by atoms with van der Waals surface area (Å²) >= 11 is 0. The van der Waals surface area contributed by atoms with Gasteiger partial charge in [-0.1, -0.05) is 12.1 Å². The number of nitrogens with one attached hydrogen (secondary N) is 1. The molecule has 1 fully saturated rings. The lowest BCUT2D eigenvalue weighted by Crippen LogP contribution is -2.39. The summed E-state index contributed by atoms with van der Waals surface area (Å²) in [6, 6.07) is 7.70. The zero-order valence-electron chi connectivity index (χ0n) is 12.2. The number of carboxylic acid groups (broad SMARTS) is 1. The van der Waals surface area contributed by atoms with Gasteiger partial charge in [0.1, 0.15) is 5.75 Å². The monoisotopic (exact) mass is 292 g/mol. The summed E-state index contributed by atoms with van der Waals surface area (Å²) in [4.78, 5) is 23.8. The number of benzene rings is 1. The summed E-state index contributed by atoms with van der Waals surface area (Å²) in [5.74, 6) is 0.204. The predicted octanol–water partition coefficient (Wildman–Crippen LogP) is 1.67.